The van der Waals surface area contributed by atoms with E-state index in [1.165, 1.54) is 0 Å². The largest absolute Gasteiger partial charge is 0.207 e. The molecule has 1 aromatic carbocycles. The van der Waals surface area contributed by atoms with E-state index in [2.05, 4.69) is 0 Å². The highest BCUT2D eigenvalue weighted by Crippen LogP contribution is 2.07. The monoisotopic (exact) mass is 198 g/mol. The van der Waals surface area contributed by atoms with Crippen molar-refractivity contribution >= 4 is 0 Å². The van der Waals surface area contributed by atoms with Crippen molar-refractivity contribution in [3.8, 4) is 0 Å². The number of benzene rings is 1. The van der Waals surface area contributed by atoms with Crippen LogP contribution in [0.2, 0.25) is 0 Å². The number of hydrogen-bond donors (Lipinski definition) is 0. The molecule has 0 atom stereocenters. The predicted molar refractivity (Wildman–Crippen MR) is 63.2 cm³/mol. The Morgan fingerprint density at radius 1 is 1.00 bits per heavy atom. The van der Waals surface area contributed by atoms with Crippen LogP contribution in [0.3, 0.4) is 0 Å². The van der Waals surface area contributed by atoms with Crippen molar-refractivity contribution in [1.29, 1.82) is 0 Å². The molecule has 0 aromatic heterocycles. The van der Waals surface area contributed by atoms with Gasteiger partial charge >= 0.3 is 0 Å². The summed E-state index contributed by atoms with van der Waals surface area (Å²) in [6, 6.07) is 5.12. The molecule has 0 saturated heterocycles. The van der Waals surface area contributed by atoms with Crippen LogP contribution >= 0.6 is 0 Å². The second-order valence-electron chi connectivity index (χ2n) is 2.49. The molecule has 0 aliphatic carbocycles. The van der Waals surface area contributed by atoms with Gasteiger partial charge < -0.3 is 0 Å². The lowest BCUT2D eigenvalue weighted by Crippen LogP contribution is -1.84. The molecule has 0 radical (unpaired) electrons. The van der Waals surface area contributed by atoms with Crippen molar-refractivity contribution in [2.24, 2.45) is 0 Å². The number of hydrogen-bond acceptors (Lipinski definition) is 0. The van der Waals surface area contributed by atoms with Crippen molar-refractivity contribution in [3.63, 3.8) is 0 Å². The van der Waals surface area contributed by atoms with Gasteiger partial charge in [-0.05, 0) is 36.6 Å². The van der Waals surface area contributed by atoms with Gasteiger partial charge in [-0.2, -0.15) is 0 Å². The van der Waals surface area contributed by atoms with Gasteiger partial charge in [0, 0.05) is 0 Å². The standard InChI is InChI=1S/C9H11F.2C2H6/c1-3-8-4-7(2)5-9(10)6-8;2*1-2/h4-6H,3H2,1-2H3;2*1-2H3. The molecule has 0 amide bonds. The molecule has 0 aliphatic rings. The van der Waals surface area contributed by atoms with Crippen LogP contribution in [0.1, 0.15) is 45.7 Å². The molecule has 0 saturated carbocycles. The van der Waals surface area contributed by atoms with Crippen LogP contribution in [0.15, 0.2) is 18.2 Å². The van der Waals surface area contributed by atoms with Crippen LogP contribution in [0.25, 0.3) is 0 Å². The van der Waals surface area contributed by atoms with Crippen molar-refractivity contribution in [1.82, 2.24) is 0 Å². The average molecular weight is 198 g/mol. The summed E-state index contributed by atoms with van der Waals surface area (Å²) in [6.07, 6.45) is 0.901. The normalized spacial score (nSPS) is 7.93. The predicted octanol–water partition coefficient (Wildman–Crippen LogP) is 4.75. The summed E-state index contributed by atoms with van der Waals surface area (Å²) in [7, 11) is 0. The summed E-state index contributed by atoms with van der Waals surface area (Å²) in [5, 5.41) is 0. The van der Waals surface area contributed by atoms with Gasteiger partial charge in [-0.3, -0.25) is 0 Å². The maximum absolute atomic E-state index is 12.6. The van der Waals surface area contributed by atoms with Crippen molar-refractivity contribution < 1.29 is 4.39 Å². The Labute approximate surface area is 88.2 Å². The van der Waals surface area contributed by atoms with E-state index in [0.717, 1.165) is 17.5 Å². The topological polar surface area (TPSA) is 0 Å². The van der Waals surface area contributed by atoms with Gasteiger partial charge in [0.1, 0.15) is 5.82 Å². The molecule has 82 valence electrons. The van der Waals surface area contributed by atoms with E-state index in [4.69, 9.17) is 0 Å². The highest BCUT2D eigenvalue weighted by atomic mass is 19.1. The fourth-order valence-electron chi connectivity index (χ4n) is 1.02. The van der Waals surface area contributed by atoms with E-state index in [0.29, 0.717) is 0 Å². The summed E-state index contributed by atoms with van der Waals surface area (Å²) in [5.74, 6) is -0.128. The van der Waals surface area contributed by atoms with Gasteiger partial charge in [0.15, 0.2) is 0 Å². The Bertz CT molecular complexity index is 208. The molecule has 0 nitrogen and oxygen atoms in total. The zero-order valence-electron chi connectivity index (χ0n) is 10.3. The second kappa shape index (κ2) is 10.2. The van der Waals surface area contributed by atoms with E-state index in [9.17, 15) is 4.39 Å². The van der Waals surface area contributed by atoms with E-state index in [1.54, 1.807) is 12.1 Å². The third-order valence-corrected chi connectivity index (χ3v) is 1.51. The van der Waals surface area contributed by atoms with E-state index >= 15 is 0 Å². The Morgan fingerprint density at radius 2 is 1.50 bits per heavy atom. The number of aryl methyl sites for hydroxylation is 2. The van der Waals surface area contributed by atoms with Crippen LogP contribution in [-0.2, 0) is 6.42 Å². The number of halogens is 1. The lowest BCUT2D eigenvalue weighted by molar-refractivity contribution is 0.624. The molecule has 1 rings (SSSR count). The van der Waals surface area contributed by atoms with Gasteiger partial charge in [0.25, 0.3) is 0 Å². The Morgan fingerprint density at radius 3 is 1.86 bits per heavy atom. The second-order valence-corrected chi connectivity index (χ2v) is 2.49. The zero-order valence-corrected chi connectivity index (χ0v) is 10.3. The maximum atomic E-state index is 12.6. The smallest absolute Gasteiger partial charge is 0.123 e. The van der Waals surface area contributed by atoms with Gasteiger partial charge in [-0.15, -0.1) is 0 Å². The first-order valence-corrected chi connectivity index (χ1v) is 5.48. The number of rotatable bonds is 1. The molecule has 0 bridgehead atoms. The van der Waals surface area contributed by atoms with Gasteiger partial charge in [-0.1, -0.05) is 40.7 Å². The Balaban J connectivity index is 0. The van der Waals surface area contributed by atoms with E-state index in [-0.39, 0.29) is 5.82 Å². The minimum Gasteiger partial charge on any atom is -0.207 e. The minimum atomic E-state index is -0.128. The van der Waals surface area contributed by atoms with Crippen LogP contribution in [0, 0.1) is 12.7 Å². The molecular weight excluding hydrogens is 175 g/mol. The highest BCUT2D eigenvalue weighted by Gasteiger charge is 1.93. The summed E-state index contributed by atoms with van der Waals surface area (Å²) in [6.45, 7) is 11.9. The fraction of sp³-hybridized carbons (Fsp3) is 0.538. The van der Waals surface area contributed by atoms with Crippen LogP contribution in [0.4, 0.5) is 4.39 Å². The minimum absolute atomic E-state index is 0.128. The Hall–Kier alpha value is -0.850. The Kier molecular flexibility index (Phi) is 11.4. The van der Waals surface area contributed by atoms with Gasteiger partial charge in [0.05, 0.1) is 0 Å². The SMILES string of the molecule is CC.CC.CCc1cc(C)cc(F)c1. The molecule has 0 heterocycles. The third-order valence-electron chi connectivity index (χ3n) is 1.51. The molecule has 0 unspecified atom stereocenters. The molecule has 1 heteroatoms. The lowest BCUT2D eigenvalue weighted by Gasteiger charge is -1.97. The third kappa shape index (κ3) is 6.64. The van der Waals surface area contributed by atoms with Crippen molar-refractivity contribution in [3.05, 3.63) is 35.1 Å². The molecule has 0 fully saturated rings. The molecule has 0 N–H and O–H groups in total. The van der Waals surface area contributed by atoms with Gasteiger partial charge in [-0.25, -0.2) is 4.39 Å². The summed E-state index contributed by atoms with van der Waals surface area (Å²) in [4.78, 5) is 0. The lowest BCUT2D eigenvalue weighted by atomic mass is 10.1. The molecule has 0 aliphatic heterocycles. The van der Waals surface area contributed by atoms with Crippen LogP contribution in [0.5, 0.6) is 0 Å². The summed E-state index contributed by atoms with van der Waals surface area (Å²) < 4.78 is 12.6. The fourth-order valence-corrected chi connectivity index (χ4v) is 1.02. The summed E-state index contributed by atoms with van der Waals surface area (Å²) in [5.41, 5.74) is 2.06. The van der Waals surface area contributed by atoms with Gasteiger partial charge in [0.2, 0.25) is 0 Å². The van der Waals surface area contributed by atoms with Crippen molar-refractivity contribution in [2.45, 2.75) is 48.0 Å². The zero-order chi connectivity index (χ0) is 11.6. The van der Waals surface area contributed by atoms with E-state index in [1.807, 2.05) is 47.6 Å². The first-order valence-electron chi connectivity index (χ1n) is 5.48. The first-order chi connectivity index (χ1) is 6.72. The molecule has 1 aromatic rings. The quantitative estimate of drug-likeness (QED) is 0.611. The van der Waals surface area contributed by atoms with Crippen LogP contribution < -0.4 is 0 Å². The maximum Gasteiger partial charge on any atom is 0.123 e. The van der Waals surface area contributed by atoms with Crippen LogP contribution in [-0.4, -0.2) is 0 Å². The highest BCUT2D eigenvalue weighted by molar-refractivity contribution is 5.23. The average Bonchev–Trinajstić information content (AvgIpc) is 2.22. The molecule has 0 spiro atoms. The molecule has 14 heavy (non-hydrogen) atoms. The van der Waals surface area contributed by atoms with Crippen molar-refractivity contribution in [2.75, 3.05) is 0 Å². The first kappa shape index (κ1) is 15.6. The summed E-state index contributed by atoms with van der Waals surface area (Å²) >= 11 is 0. The van der Waals surface area contributed by atoms with E-state index < -0.39 is 0 Å². The molecular formula is C13H23F.